The van der Waals surface area contributed by atoms with Crippen molar-refractivity contribution in [3.8, 4) is 0 Å². The molecule has 1 heterocycles. The Morgan fingerprint density at radius 1 is 1.24 bits per heavy atom. The minimum atomic E-state index is -1.26. The number of nitrogens with zero attached hydrogens (tertiary/aromatic N) is 2. The van der Waals surface area contributed by atoms with Crippen molar-refractivity contribution in [3.63, 3.8) is 0 Å². The van der Waals surface area contributed by atoms with Crippen molar-refractivity contribution in [2.45, 2.75) is 18.9 Å². The van der Waals surface area contributed by atoms with Gasteiger partial charge in [0.2, 0.25) is 0 Å². The molecule has 0 radical (unpaired) electrons. The number of carbonyl (C=O) groups excluding carboxylic acids is 1. The smallest absolute Gasteiger partial charge is 0.314 e. The normalized spacial score (nSPS) is 16.8. The lowest BCUT2D eigenvalue weighted by Gasteiger charge is -2.17. The highest BCUT2D eigenvalue weighted by Crippen LogP contribution is 2.21. The van der Waals surface area contributed by atoms with Crippen molar-refractivity contribution < 1.29 is 9.72 Å². The lowest BCUT2D eigenvalue weighted by molar-refractivity contribution is -0.514. The van der Waals surface area contributed by atoms with Gasteiger partial charge >= 0.3 is 11.9 Å². The first kappa shape index (κ1) is 11.6. The third kappa shape index (κ3) is 2.43. The van der Waals surface area contributed by atoms with Gasteiger partial charge < -0.3 is 4.90 Å². The van der Waals surface area contributed by atoms with Crippen LogP contribution in [0.4, 0.5) is 0 Å². The molecule has 0 N–H and O–H groups in total. The molecule has 1 aliphatic rings. The fourth-order valence-electron chi connectivity index (χ4n) is 2.10. The number of nitro groups is 1. The molecule has 1 aromatic rings. The van der Waals surface area contributed by atoms with E-state index in [-0.39, 0.29) is 0 Å². The van der Waals surface area contributed by atoms with Crippen LogP contribution in [-0.4, -0.2) is 28.8 Å². The zero-order valence-corrected chi connectivity index (χ0v) is 9.41. The average Bonchev–Trinajstić information content (AvgIpc) is 2.83. The summed E-state index contributed by atoms with van der Waals surface area (Å²) in [6.45, 7) is 1.27. The van der Waals surface area contributed by atoms with Crippen LogP contribution < -0.4 is 0 Å². The second-order valence-corrected chi connectivity index (χ2v) is 4.13. The Labute approximate surface area is 99.2 Å². The van der Waals surface area contributed by atoms with Gasteiger partial charge in [-0.2, -0.15) is 0 Å². The van der Waals surface area contributed by atoms with E-state index in [9.17, 15) is 14.9 Å². The van der Waals surface area contributed by atoms with Gasteiger partial charge in [-0.15, -0.1) is 0 Å². The predicted octanol–water partition coefficient (Wildman–Crippen LogP) is 1.63. The standard InChI is InChI=1S/C12H14N2O3/c15-12(13-8-4-5-9-13)11(14(16)17)10-6-2-1-3-7-10/h1-3,6-7,11H,4-5,8-9H2. The molecule has 5 heteroatoms. The molecule has 1 aromatic carbocycles. The Balaban J connectivity index is 2.23. The zero-order valence-electron chi connectivity index (χ0n) is 9.41. The van der Waals surface area contributed by atoms with E-state index < -0.39 is 16.9 Å². The highest BCUT2D eigenvalue weighted by Gasteiger charge is 2.36. The summed E-state index contributed by atoms with van der Waals surface area (Å²) >= 11 is 0. The zero-order chi connectivity index (χ0) is 12.3. The molecular formula is C12H14N2O3. The van der Waals surface area contributed by atoms with Crippen molar-refractivity contribution in [2.24, 2.45) is 0 Å². The molecule has 1 aliphatic heterocycles. The predicted molar refractivity (Wildman–Crippen MR) is 62.0 cm³/mol. The van der Waals surface area contributed by atoms with Gasteiger partial charge in [-0.3, -0.25) is 14.9 Å². The molecule has 1 fully saturated rings. The highest BCUT2D eigenvalue weighted by atomic mass is 16.6. The van der Waals surface area contributed by atoms with Crippen molar-refractivity contribution in [1.29, 1.82) is 0 Å². The molecule has 0 bridgehead atoms. The van der Waals surface area contributed by atoms with Crippen LogP contribution >= 0.6 is 0 Å². The fraction of sp³-hybridized carbons (Fsp3) is 0.417. The third-order valence-electron chi connectivity index (χ3n) is 2.98. The number of likely N-dealkylation sites (tertiary alicyclic amines) is 1. The molecule has 90 valence electrons. The molecule has 5 nitrogen and oxygen atoms in total. The number of rotatable bonds is 3. The maximum atomic E-state index is 12.1. The Morgan fingerprint density at radius 2 is 1.82 bits per heavy atom. The minimum absolute atomic E-state index is 0.390. The molecule has 17 heavy (non-hydrogen) atoms. The third-order valence-corrected chi connectivity index (χ3v) is 2.98. The van der Waals surface area contributed by atoms with Crippen LogP contribution in [0.25, 0.3) is 0 Å². The van der Waals surface area contributed by atoms with Crippen molar-refractivity contribution >= 4 is 5.91 Å². The van der Waals surface area contributed by atoms with Crippen molar-refractivity contribution in [3.05, 3.63) is 46.0 Å². The Hall–Kier alpha value is -1.91. The molecular weight excluding hydrogens is 220 g/mol. The van der Waals surface area contributed by atoms with Gasteiger partial charge in [0, 0.05) is 23.6 Å². The number of benzene rings is 1. The molecule has 2 rings (SSSR count). The van der Waals surface area contributed by atoms with E-state index in [1.54, 1.807) is 35.2 Å². The number of hydrogen-bond acceptors (Lipinski definition) is 3. The van der Waals surface area contributed by atoms with E-state index in [4.69, 9.17) is 0 Å². The number of amides is 1. The van der Waals surface area contributed by atoms with E-state index in [0.29, 0.717) is 18.7 Å². The van der Waals surface area contributed by atoms with Gasteiger partial charge in [0.1, 0.15) is 0 Å². The Kier molecular flexibility index (Phi) is 3.37. The van der Waals surface area contributed by atoms with Gasteiger partial charge in [-0.05, 0) is 12.8 Å². The second kappa shape index (κ2) is 4.95. The SMILES string of the molecule is O=C(C(c1ccccc1)[N+](=O)[O-])N1CCCC1. The summed E-state index contributed by atoms with van der Waals surface area (Å²) in [6, 6.07) is 7.20. The van der Waals surface area contributed by atoms with Crippen LogP contribution in [0.5, 0.6) is 0 Å². The summed E-state index contributed by atoms with van der Waals surface area (Å²) in [5.74, 6) is -0.390. The van der Waals surface area contributed by atoms with Crippen molar-refractivity contribution in [1.82, 2.24) is 4.90 Å². The van der Waals surface area contributed by atoms with Gasteiger partial charge in [0.25, 0.3) is 0 Å². The monoisotopic (exact) mass is 234 g/mol. The number of hydrogen-bond donors (Lipinski definition) is 0. The summed E-state index contributed by atoms with van der Waals surface area (Å²) in [7, 11) is 0. The molecule has 0 aromatic heterocycles. The van der Waals surface area contributed by atoms with Crippen molar-refractivity contribution in [2.75, 3.05) is 13.1 Å². The second-order valence-electron chi connectivity index (χ2n) is 4.13. The van der Waals surface area contributed by atoms with E-state index in [1.165, 1.54) is 0 Å². The van der Waals surface area contributed by atoms with Gasteiger partial charge in [0.05, 0.1) is 0 Å². The highest BCUT2D eigenvalue weighted by molar-refractivity contribution is 5.82. The van der Waals surface area contributed by atoms with Crippen LogP contribution in [0.15, 0.2) is 30.3 Å². The molecule has 1 atom stereocenters. The molecule has 0 spiro atoms. The Morgan fingerprint density at radius 3 is 2.35 bits per heavy atom. The van der Waals surface area contributed by atoms with Crippen LogP contribution in [0.1, 0.15) is 24.4 Å². The summed E-state index contributed by atoms with van der Waals surface area (Å²) in [4.78, 5) is 24.2. The average molecular weight is 234 g/mol. The maximum Gasteiger partial charge on any atom is 0.314 e. The quantitative estimate of drug-likeness (QED) is 0.589. The summed E-state index contributed by atoms with van der Waals surface area (Å²) in [5, 5.41) is 11.1. The summed E-state index contributed by atoms with van der Waals surface area (Å²) in [5.41, 5.74) is 0.453. The first-order valence-electron chi connectivity index (χ1n) is 5.67. The topological polar surface area (TPSA) is 63.4 Å². The molecule has 0 aliphatic carbocycles. The van der Waals surface area contributed by atoms with Gasteiger partial charge in [-0.1, -0.05) is 30.3 Å². The summed E-state index contributed by atoms with van der Waals surface area (Å²) in [6.07, 6.45) is 1.87. The molecule has 1 unspecified atom stereocenters. The van der Waals surface area contributed by atoms with Crippen LogP contribution in [0.3, 0.4) is 0 Å². The molecule has 1 amide bonds. The van der Waals surface area contributed by atoms with Crippen LogP contribution in [-0.2, 0) is 4.79 Å². The maximum absolute atomic E-state index is 12.1. The minimum Gasteiger partial charge on any atom is -0.336 e. The number of carbonyl (C=O) groups is 1. The largest absolute Gasteiger partial charge is 0.336 e. The fourth-order valence-corrected chi connectivity index (χ4v) is 2.10. The van der Waals surface area contributed by atoms with E-state index in [2.05, 4.69) is 0 Å². The first-order valence-corrected chi connectivity index (χ1v) is 5.67. The van der Waals surface area contributed by atoms with E-state index >= 15 is 0 Å². The van der Waals surface area contributed by atoms with Gasteiger partial charge in [0.15, 0.2) is 0 Å². The molecule has 1 saturated heterocycles. The molecule has 0 saturated carbocycles. The van der Waals surface area contributed by atoms with Gasteiger partial charge in [-0.25, -0.2) is 0 Å². The Bertz CT molecular complexity index is 413. The first-order chi connectivity index (χ1) is 8.20. The lowest BCUT2D eigenvalue weighted by Crippen LogP contribution is -2.36. The van der Waals surface area contributed by atoms with Crippen LogP contribution in [0.2, 0.25) is 0 Å². The van der Waals surface area contributed by atoms with E-state index in [1.807, 2.05) is 0 Å². The van der Waals surface area contributed by atoms with Crippen LogP contribution in [0, 0.1) is 10.1 Å². The lowest BCUT2D eigenvalue weighted by atomic mass is 10.1. The van der Waals surface area contributed by atoms with E-state index in [0.717, 1.165) is 12.8 Å². The summed E-state index contributed by atoms with van der Waals surface area (Å²) < 4.78 is 0.